The number of carbonyl (C=O) groups is 1. The van der Waals surface area contributed by atoms with E-state index in [0.717, 1.165) is 48.6 Å². The molecule has 25 heavy (non-hydrogen) atoms. The number of hydrogen-bond donors (Lipinski definition) is 0. The Morgan fingerprint density at radius 3 is 2.40 bits per heavy atom. The van der Waals surface area contributed by atoms with Gasteiger partial charge in [-0.05, 0) is 48.1 Å². The van der Waals surface area contributed by atoms with Crippen LogP contribution in [0, 0.1) is 6.42 Å². The highest BCUT2D eigenvalue weighted by atomic mass is 16.5. The van der Waals surface area contributed by atoms with Crippen LogP contribution in [0.25, 0.3) is 6.08 Å². The Kier molecular flexibility index (Phi) is 4.89. The van der Waals surface area contributed by atoms with Gasteiger partial charge in [-0.1, -0.05) is 26.0 Å². The van der Waals surface area contributed by atoms with Crippen LogP contribution in [-0.4, -0.2) is 38.1 Å². The number of amides is 1. The van der Waals surface area contributed by atoms with Crippen molar-refractivity contribution in [3.63, 3.8) is 0 Å². The van der Waals surface area contributed by atoms with Gasteiger partial charge in [0, 0.05) is 24.6 Å². The van der Waals surface area contributed by atoms with E-state index >= 15 is 0 Å². The van der Waals surface area contributed by atoms with Crippen LogP contribution in [0.5, 0.6) is 11.5 Å². The van der Waals surface area contributed by atoms with Crippen molar-refractivity contribution in [1.29, 1.82) is 0 Å². The molecule has 4 nitrogen and oxygen atoms in total. The number of piperidine rings is 1. The minimum absolute atomic E-state index is 0.0934. The first-order valence-electron chi connectivity index (χ1n) is 8.74. The van der Waals surface area contributed by atoms with Crippen molar-refractivity contribution in [2.24, 2.45) is 0 Å². The van der Waals surface area contributed by atoms with Crippen molar-refractivity contribution in [2.75, 3.05) is 27.3 Å². The molecule has 3 rings (SSSR count). The maximum absolute atomic E-state index is 12.4. The zero-order valence-corrected chi connectivity index (χ0v) is 15.5. The van der Waals surface area contributed by atoms with Crippen molar-refractivity contribution < 1.29 is 14.3 Å². The van der Waals surface area contributed by atoms with Crippen molar-refractivity contribution in [1.82, 2.24) is 4.90 Å². The fourth-order valence-electron chi connectivity index (χ4n) is 3.55. The number of rotatable bonds is 4. The first kappa shape index (κ1) is 17.6. The van der Waals surface area contributed by atoms with E-state index in [0.29, 0.717) is 0 Å². The molecule has 0 N–H and O–H groups in total. The molecule has 1 aliphatic heterocycles. The van der Waals surface area contributed by atoms with E-state index < -0.39 is 0 Å². The summed E-state index contributed by atoms with van der Waals surface area (Å²) in [5.74, 6) is 1.55. The molecular weight excluding hydrogens is 314 g/mol. The smallest absolute Gasteiger partial charge is 0.246 e. The van der Waals surface area contributed by atoms with Gasteiger partial charge < -0.3 is 14.4 Å². The summed E-state index contributed by atoms with van der Waals surface area (Å²) in [6, 6.07) is 4.03. The Morgan fingerprint density at radius 2 is 1.76 bits per heavy atom. The molecule has 1 amide bonds. The van der Waals surface area contributed by atoms with Crippen LogP contribution < -0.4 is 9.47 Å². The maximum atomic E-state index is 12.4. The third-order valence-electron chi connectivity index (χ3n) is 5.19. The minimum atomic E-state index is -0.179. The fourth-order valence-corrected chi connectivity index (χ4v) is 3.55. The second kappa shape index (κ2) is 6.95. The Morgan fingerprint density at radius 1 is 1.12 bits per heavy atom. The monoisotopic (exact) mass is 340 g/mol. The van der Waals surface area contributed by atoms with Crippen LogP contribution in [0.2, 0.25) is 0 Å². The molecule has 1 aromatic rings. The van der Waals surface area contributed by atoms with Crippen molar-refractivity contribution in [2.45, 2.75) is 32.1 Å². The molecule has 4 heteroatoms. The maximum Gasteiger partial charge on any atom is 0.246 e. The highest BCUT2D eigenvalue weighted by Gasteiger charge is 2.33. The number of methoxy groups -OCH3 is 2. The topological polar surface area (TPSA) is 38.8 Å². The predicted molar refractivity (Wildman–Crippen MR) is 99.8 cm³/mol. The van der Waals surface area contributed by atoms with E-state index in [1.807, 2.05) is 23.1 Å². The molecule has 1 heterocycles. The predicted octanol–water partition coefficient (Wildman–Crippen LogP) is 3.76. The molecule has 2 aliphatic rings. The molecular formula is C21H26NO3. The van der Waals surface area contributed by atoms with Crippen molar-refractivity contribution in [3.8, 4) is 11.5 Å². The lowest BCUT2D eigenvalue weighted by Gasteiger charge is -2.26. The summed E-state index contributed by atoms with van der Waals surface area (Å²) < 4.78 is 10.8. The first-order valence-corrected chi connectivity index (χ1v) is 8.74. The molecule has 0 aromatic heterocycles. The van der Waals surface area contributed by atoms with Gasteiger partial charge in [-0.25, -0.2) is 0 Å². The molecule has 0 bridgehead atoms. The van der Waals surface area contributed by atoms with E-state index in [2.05, 4.69) is 26.3 Å². The average Bonchev–Trinajstić information content (AvgIpc) is 2.88. The molecule has 0 spiro atoms. The van der Waals surface area contributed by atoms with Gasteiger partial charge in [0.25, 0.3) is 0 Å². The summed E-state index contributed by atoms with van der Waals surface area (Å²) in [5, 5.41) is 0. The molecule has 0 unspecified atom stereocenters. The van der Waals surface area contributed by atoms with Gasteiger partial charge >= 0.3 is 0 Å². The lowest BCUT2D eigenvalue weighted by Crippen LogP contribution is -2.34. The van der Waals surface area contributed by atoms with E-state index in [1.165, 1.54) is 5.56 Å². The molecule has 1 saturated heterocycles. The molecule has 0 atom stereocenters. The Labute approximate surface area is 150 Å². The quantitative estimate of drug-likeness (QED) is 0.784. The molecule has 1 fully saturated rings. The lowest BCUT2D eigenvalue weighted by atomic mass is 9.81. The van der Waals surface area contributed by atoms with Gasteiger partial charge in [-0.2, -0.15) is 0 Å². The normalized spacial score (nSPS) is 18.9. The number of likely N-dealkylation sites (tertiary alicyclic amines) is 1. The number of fused-ring (bicyclic) bond motifs is 1. The second-order valence-electron chi connectivity index (χ2n) is 7.04. The summed E-state index contributed by atoms with van der Waals surface area (Å²) >= 11 is 0. The SMILES string of the molecule is COc1cc2c(cc1OC)C(C)(C)C(/C=C/C(=O)N1CC[CH]CC1)=C2. The number of ether oxygens (including phenoxy) is 2. The van der Waals surface area contributed by atoms with E-state index in [9.17, 15) is 4.79 Å². The molecule has 1 radical (unpaired) electrons. The van der Waals surface area contributed by atoms with Crippen molar-refractivity contribution >= 4 is 12.0 Å². The summed E-state index contributed by atoms with van der Waals surface area (Å²) in [4.78, 5) is 14.3. The minimum Gasteiger partial charge on any atom is -0.493 e. The molecule has 0 saturated carbocycles. The van der Waals surface area contributed by atoms with E-state index in [1.54, 1.807) is 20.3 Å². The van der Waals surface area contributed by atoms with Crippen LogP contribution in [0.4, 0.5) is 0 Å². The van der Waals surface area contributed by atoms with Crippen LogP contribution in [0.1, 0.15) is 37.8 Å². The van der Waals surface area contributed by atoms with Crippen LogP contribution >= 0.6 is 0 Å². The van der Waals surface area contributed by atoms with Gasteiger partial charge in [0.15, 0.2) is 11.5 Å². The first-order chi connectivity index (χ1) is 12.0. The molecule has 1 aliphatic carbocycles. The van der Waals surface area contributed by atoms with Gasteiger partial charge in [-0.3, -0.25) is 4.79 Å². The van der Waals surface area contributed by atoms with Crippen LogP contribution in [0.3, 0.4) is 0 Å². The van der Waals surface area contributed by atoms with Crippen LogP contribution in [-0.2, 0) is 10.2 Å². The highest BCUT2D eigenvalue weighted by molar-refractivity contribution is 5.89. The van der Waals surface area contributed by atoms with Gasteiger partial charge in [0.2, 0.25) is 5.91 Å². The number of benzene rings is 1. The standard InChI is InChI=1S/C21H26NO3/c1-21(2)16(8-9-20(23)22-10-6-5-7-11-22)12-15-13-18(24-3)19(25-4)14-17(15)21/h5,8-9,12-14H,6-7,10-11H2,1-4H3/b9-8+. The number of nitrogens with zero attached hydrogens (tertiary/aromatic N) is 1. The Balaban J connectivity index is 1.85. The Hall–Kier alpha value is -2.23. The average molecular weight is 340 g/mol. The zero-order chi connectivity index (χ0) is 18.0. The fraction of sp³-hybridized carbons (Fsp3) is 0.429. The summed E-state index contributed by atoms with van der Waals surface area (Å²) in [5.41, 5.74) is 3.24. The van der Waals surface area contributed by atoms with E-state index in [4.69, 9.17) is 9.47 Å². The van der Waals surface area contributed by atoms with Gasteiger partial charge in [-0.15, -0.1) is 0 Å². The van der Waals surface area contributed by atoms with E-state index in [-0.39, 0.29) is 11.3 Å². The second-order valence-corrected chi connectivity index (χ2v) is 7.04. The highest BCUT2D eigenvalue weighted by Crippen LogP contribution is 2.46. The third-order valence-corrected chi connectivity index (χ3v) is 5.19. The zero-order valence-electron chi connectivity index (χ0n) is 15.5. The molecule has 133 valence electrons. The molecule has 1 aromatic carbocycles. The van der Waals surface area contributed by atoms with Crippen LogP contribution in [0.15, 0.2) is 29.9 Å². The third kappa shape index (κ3) is 3.30. The largest absolute Gasteiger partial charge is 0.493 e. The summed E-state index contributed by atoms with van der Waals surface area (Å²) in [7, 11) is 3.29. The van der Waals surface area contributed by atoms with Gasteiger partial charge in [0.05, 0.1) is 14.2 Å². The van der Waals surface area contributed by atoms with Crippen molar-refractivity contribution in [3.05, 3.63) is 47.4 Å². The lowest BCUT2D eigenvalue weighted by molar-refractivity contribution is -0.126. The number of carbonyl (C=O) groups excluding carboxylic acids is 1. The van der Waals surface area contributed by atoms with Gasteiger partial charge in [0.1, 0.15) is 0 Å². The number of allylic oxidation sites excluding steroid dienone is 2. The summed E-state index contributed by atoms with van der Waals surface area (Å²) in [6.07, 6.45) is 10.0. The summed E-state index contributed by atoms with van der Waals surface area (Å²) in [6.45, 7) is 5.98. The number of hydrogen-bond acceptors (Lipinski definition) is 3. The Bertz CT molecular complexity index is 725.